The highest BCUT2D eigenvalue weighted by Gasteiger charge is 2.40. The third-order valence-corrected chi connectivity index (χ3v) is 5.40. The molecule has 0 saturated heterocycles. The number of ether oxygens (including phenoxy) is 1. The van der Waals surface area contributed by atoms with E-state index in [2.05, 4.69) is 19.1 Å². The molecule has 2 N–H and O–H groups in total. The predicted octanol–water partition coefficient (Wildman–Crippen LogP) is 4.29. The van der Waals surface area contributed by atoms with Gasteiger partial charge in [0.05, 0.1) is 11.0 Å². The van der Waals surface area contributed by atoms with Crippen LogP contribution < -0.4 is 10.5 Å². The second kappa shape index (κ2) is 8.05. The first-order valence-corrected chi connectivity index (χ1v) is 9.64. The minimum absolute atomic E-state index is 0.000157. The van der Waals surface area contributed by atoms with Crippen molar-refractivity contribution in [2.24, 2.45) is 5.73 Å². The van der Waals surface area contributed by atoms with E-state index in [-0.39, 0.29) is 17.0 Å². The van der Waals surface area contributed by atoms with Crippen molar-refractivity contribution in [3.05, 3.63) is 64.7 Å². The molecule has 1 atom stereocenters. The molecular weight excluding hydrogens is 338 g/mol. The van der Waals surface area contributed by atoms with Crippen LogP contribution >= 0.6 is 0 Å². The van der Waals surface area contributed by atoms with E-state index >= 15 is 0 Å². The molecule has 0 fully saturated rings. The van der Waals surface area contributed by atoms with Crippen LogP contribution in [0, 0.1) is 0 Å². The van der Waals surface area contributed by atoms with E-state index in [0.29, 0.717) is 42.9 Å². The van der Waals surface area contributed by atoms with Gasteiger partial charge in [-0.2, -0.15) is 0 Å². The van der Waals surface area contributed by atoms with Gasteiger partial charge in [0, 0.05) is 24.0 Å². The van der Waals surface area contributed by atoms with Crippen LogP contribution in [-0.2, 0) is 5.41 Å². The van der Waals surface area contributed by atoms with Gasteiger partial charge in [-0.3, -0.25) is 9.59 Å². The summed E-state index contributed by atoms with van der Waals surface area (Å²) in [5.41, 5.74) is 8.32. The Kier molecular flexibility index (Phi) is 5.76. The van der Waals surface area contributed by atoms with Crippen LogP contribution in [0.3, 0.4) is 0 Å². The molecule has 2 aromatic carbocycles. The van der Waals surface area contributed by atoms with Crippen LogP contribution in [0.25, 0.3) is 0 Å². The van der Waals surface area contributed by atoms with Crippen molar-refractivity contribution in [1.29, 1.82) is 0 Å². The van der Waals surface area contributed by atoms with Crippen molar-refractivity contribution in [3.8, 4) is 5.75 Å². The van der Waals surface area contributed by atoms with Crippen molar-refractivity contribution in [2.45, 2.75) is 44.9 Å². The Morgan fingerprint density at radius 1 is 1.11 bits per heavy atom. The topological polar surface area (TPSA) is 69.4 Å². The SMILES string of the molecule is CCC(=O)c1cc(C(=O)CCCCN)cc2c1OCC2(C)c1ccccc1. The molecular formula is C23H27NO3. The minimum atomic E-state index is -0.382. The van der Waals surface area contributed by atoms with Crippen LogP contribution in [0.15, 0.2) is 42.5 Å². The summed E-state index contributed by atoms with van der Waals surface area (Å²) in [6.45, 7) is 4.98. The van der Waals surface area contributed by atoms with Gasteiger partial charge in [0.25, 0.3) is 0 Å². The van der Waals surface area contributed by atoms with Crippen molar-refractivity contribution in [3.63, 3.8) is 0 Å². The second-order valence-corrected chi connectivity index (χ2v) is 7.33. The maximum Gasteiger partial charge on any atom is 0.166 e. The third kappa shape index (κ3) is 3.67. The number of ketones is 2. The normalized spacial score (nSPS) is 18.0. The molecule has 0 bridgehead atoms. The van der Waals surface area contributed by atoms with Gasteiger partial charge in [-0.05, 0) is 44.0 Å². The lowest BCUT2D eigenvalue weighted by Gasteiger charge is -2.24. The smallest absolute Gasteiger partial charge is 0.166 e. The fourth-order valence-electron chi connectivity index (χ4n) is 3.67. The maximum atomic E-state index is 12.7. The summed E-state index contributed by atoms with van der Waals surface area (Å²) in [6, 6.07) is 13.7. The minimum Gasteiger partial charge on any atom is -0.491 e. The average Bonchev–Trinajstić information content (AvgIpc) is 3.05. The number of fused-ring (bicyclic) bond motifs is 1. The Morgan fingerprint density at radius 3 is 2.52 bits per heavy atom. The Morgan fingerprint density at radius 2 is 1.85 bits per heavy atom. The lowest BCUT2D eigenvalue weighted by Crippen LogP contribution is -2.25. The molecule has 0 aliphatic carbocycles. The highest BCUT2D eigenvalue weighted by atomic mass is 16.5. The van der Waals surface area contributed by atoms with E-state index < -0.39 is 0 Å². The fraction of sp³-hybridized carbons (Fsp3) is 0.391. The first kappa shape index (κ1) is 19.3. The standard InChI is InChI=1S/C23H27NO3/c1-3-20(25)18-13-16(21(26)11-7-8-12-24)14-19-22(18)27-15-23(19,2)17-9-5-4-6-10-17/h4-6,9-10,13-14H,3,7-8,11-12,15,24H2,1-2H3. The van der Waals surface area contributed by atoms with Crippen LogP contribution in [0.1, 0.15) is 71.4 Å². The Hall–Kier alpha value is -2.46. The maximum absolute atomic E-state index is 12.7. The van der Waals surface area contributed by atoms with Crippen molar-refractivity contribution in [2.75, 3.05) is 13.2 Å². The Balaban J connectivity index is 2.08. The van der Waals surface area contributed by atoms with E-state index in [4.69, 9.17) is 10.5 Å². The summed E-state index contributed by atoms with van der Waals surface area (Å²) in [7, 11) is 0. The molecule has 0 radical (unpaired) electrons. The molecule has 2 aromatic rings. The lowest BCUT2D eigenvalue weighted by molar-refractivity contribution is 0.0979. The first-order chi connectivity index (χ1) is 13.0. The number of hydrogen-bond acceptors (Lipinski definition) is 4. The molecule has 0 spiro atoms. The van der Waals surface area contributed by atoms with Gasteiger partial charge >= 0.3 is 0 Å². The number of carbonyl (C=O) groups excluding carboxylic acids is 2. The predicted molar refractivity (Wildman–Crippen MR) is 107 cm³/mol. The zero-order valence-electron chi connectivity index (χ0n) is 16.1. The van der Waals surface area contributed by atoms with Gasteiger partial charge in [-0.1, -0.05) is 37.3 Å². The average molecular weight is 365 g/mol. The number of benzene rings is 2. The zero-order chi connectivity index (χ0) is 19.4. The Labute approximate surface area is 160 Å². The van der Waals surface area contributed by atoms with Crippen LogP contribution in [0.4, 0.5) is 0 Å². The molecule has 1 heterocycles. The van der Waals surface area contributed by atoms with Crippen LogP contribution in [-0.4, -0.2) is 24.7 Å². The van der Waals surface area contributed by atoms with E-state index in [0.717, 1.165) is 24.0 Å². The fourth-order valence-corrected chi connectivity index (χ4v) is 3.67. The molecule has 0 saturated carbocycles. The number of nitrogens with two attached hydrogens (primary N) is 1. The second-order valence-electron chi connectivity index (χ2n) is 7.33. The summed E-state index contributed by atoms with van der Waals surface area (Å²) in [5.74, 6) is 0.686. The number of rotatable bonds is 8. The summed E-state index contributed by atoms with van der Waals surface area (Å²) >= 11 is 0. The van der Waals surface area contributed by atoms with Gasteiger partial charge in [-0.25, -0.2) is 0 Å². The Bertz CT molecular complexity index is 844. The summed E-state index contributed by atoms with van der Waals surface area (Å²) in [6.07, 6.45) is 2.40. The summed E-state index contributed by atoms with van der Waals surface area (Å²) < 4.78 is 6.01. The molecule has 142 valence electrons. The first-order valence-electron chi connectivity index (χ1n) is 9.64. The zero-order valence-corrected chi connectivity index (χ0v) is 16.1. The van der Waals surface area contributed by atoms with Crippen molar-refractivity contribution in [1.82, 2.24) is 0 Å². The van der Waals surface area contributed by atoms with Gasteiger partial charge in [0.2, 0.25) is 0 Å². The summed E-state index contributed by atoms with van der Waals surface area (Å²) in [4.78, 5) is 25.3. The molecule has 3 rings (SSSR count). The molecule has 4 heteroatoms. The van der Waals surface area contributed by atoms with Crippen molar-refractivity contribution >= 4 is 11.6 Å². The van der Waals surface area contributed by atoms with Gasteiger partial charge < -0.3 is 10.5 Å². The molecule has 0 amide bonds. The number of unbranched alkanes of at least 4 members (excludes halogenated alkanes) is 1. The van der Waals surface area contributed by atoms with Crippen LogP contribution in [0.2, 0.25) is 0 Å². The summed E-state index contributed by atoms with van der Waals surface area (Å²) in [5, 5.41) is 0. The highest BCUT2D eigenvalue weighted by molar-refractivity contribution is 6.04. The molecule has 4 nitrogen and oxygen atoms in total. The largest absolute Gasteiger partial charge is 0.491 e. The molecule has 1 unspecified atom stereocenters. The lowest BCUT2D eigenvalue weighted by atomic mass is 9.76. The van der Waals surface area contributed by atoms with E-state index in [1.165, 1.54) is 0 Å². The van der Waals surface area contributed by atoms with E-state index in [1.807, 2.05) is 31.2 Å². The molecule has 0 aromatic heterocycles. The highest BCUT2D eigenvalue weighted by Crippen LogP contribution is 2.46. The molecule has 1 aliphatic rings. The quantitative estimate of drug-likeness (QED) is 0.560. The van der Waals surface area contributed by atoms with Gasteiger partial charge in [0.15, 0.2) is 11.6 Å². The third-order valence-electron chi connectivity index (χ3n) is 5.40. The molecule has 27 heavy (non-hydrogen) atoms. The monoisotopic (exact) mass is 365 g/mol. The van der Waals surface area contributed by atoms with Crippen LogP contribution in [0.5, 0.6) is 5.75 Å². The number of Topliss-reactive ketones (excluding diaryl/α,β-unsaturated/α-hetero) is 2. The van der Waals surface area contributed by atoms with E-state index in [9.17, 15) is 9.59 Å². The number of hydrogen-bond donors (Lipinski definition) is 1. The van der Waals surface area contributed by atoms with Crippen molar-refractivity contribution < 1.29 is 14.3 Å². The molecule has 1 aliphatic heterocycles. The van der Waals surface area contributed by atoms with E-state index in [1.54, 1.807) is 6.07 Å². The number of carbonyl (C=O) groups is 2. The van der Waals surface area contributed by atoms with Gasteiger partial charge in [-0.15, -0.1) is 0 Å². The van der Waals surface area contributed by atoms with Gasteiger partial charge in [0.1, 0.15) is 12.4 Å².